The first kappa shape index (κ1) is 18.4. The second-order valence-electron chi connectivity index (χ2n) is 6.78. The molecule has 1 aliphatic heterocycles. The van der Waals surface area contributed by atoms with E-state index in [4.69, 9.17) is 14.7 Å². The van der Waals surface area contributed by atoms with Crippen LogP contribution in [-0.4, -0.2) is 60.9 Å². The van der Waals surface area contributed by atoms with Crippen LogP contribution in [0.15, 0.2) is 5.11 Å². The molecule has 3 N–H and O–H groups in total. The third kappa shape index (κ3) is 3.95. The smallest absolute Gasteiger partial charge is 0.195 e. The van der Waals surface area contributed by atoms with E-state index in [2.05, 4.69) is 10.0 Å². The van der Waals surface area contributed by atoms with Crippen LogP contribution in [0.25, 0.3) is 10.4 Å². The Balaban J connectivity index is 3.03. The van der Waals surface area contributed by atoms with Crippen molar-refractivity contribution < 1.29 is 24.5 Å². The van der Waals surface area contributed by atoms with Gasteiger partial charge in [-0.05, 0) is 23.7 Å². The summed E-state index contributed by atoms with van der Waals surface area (Å²) in [5, 5.41) is 32.5. The minimum Gasteiger partial charge on any atom is -0.394 e. The van der Waals surface area contributed by atoms with E-state index in [1.165, 1.54) is 0 Å². The molecule has 0 aliphatic carbocycles. The molecule has 0 bridgehead atoms. The van der Waals surface area contributed by atoms with Crippen LogP contribution in [0.1, 0.15) is 20.8 Å². The maximum Gasteiger partial charge on any atom is 0.195 e. The average molecular weight is 319 g/mol. The van der Waals surface area contributed by atoms with Crippen LogP contribution in [-0.2, 0) is 9.16 Å². The van der Waals surface area contributed by atoms with Gasteiger partial charge in [0, 0.05) is 4.91 Å². The Morgan fingerprint density at radius 2 is 1.86 bits per heavy atom. The SMILES string of the molecule is CC(C)(C)[Si](C)(C)OC1OC(CO)C(O)[C@@H](O)[C@@H]1N=[N+]=[N-]. The first-order chi connectivity index (χ1) is 9.55. The summed E-state index contributed by atoms with van der Waals surface area (Å²) in [6.07, 6.45) is -4.64. The van der Waals surface area contributed by atoms with Crippen LogP contribution in [0.4, 0.5) is 0 Å². The molecular formula is C12H25N3O5Si. The van der Waals surface area contributed by atoms with E-state index in [1.54, 1.807) is 0 Å². The van der Waals surface area contributed by atoms with Crippen LogP contribution >= 0.6 is 0 Å². The molecule has 5 atom stereocenters. The highest BCUT2D eigenvalue weighted by Crippen LogP contribution is 2.39. The molecule has 3 unspecified atom stereocenters. The van der Waals surface area contributed by atoms with Gasteiger partial charge in [0.2, 0.25) is 0 Å². The fourth-order valence-electron chi connectivity index (χ4n) is 1.81. The molecule has 1 saturated heterocycles. The highest BCUT2D eigenvalue weighted by Gasteiger charge is 2.48. The van der Waals surface area contributed by atoms with E-state index < -0.39 is 45.6 Å². The summed E-state index contributed by atoms with van der Waals surface area (Å²) in [6, 6.07) is -1.05. The quantitative estimate of drug-likeness (QED) is 0.310. The summed E-state index contributed by atoms with van der Waals surface area (Å²) in [4.78, 5) is 2.68. The van der Waals surface area contributed by atoms with E-state index in [1.807, 2.05) is 33.9 Å². The number of ether oxygens (including phenoxy) is 1. The molecule has 0 spiro atoms. The Hall–Kier alpha value is -0.673. The molecule has 0 radical (unpaired) electrons. The maximum absolute atomic E-state index is 10.1. The summed E-state index contributed by atoms with van der Waals surface area (Å²) >= 11 is 0. The van der Waals surface area contributed by atoms with Gasteiger partial charge in [-0.3, -0.25) is 0 Å². The molecular weight excluding hydrogens is 294 g/mol. The molecule has 1 rings (SSSR count). The van der Waals surface area contributed by atoms with Crippen LogP contribution in [0.3, 0.4) is 0 Å². The fraction of sp³-hybridized carbons (Fsp3) is 1.00. The highest BCUT2D eigenvalue weighted by atomic mass is 28.4. The van der Waals surface area contributed by atoms with Gasteiger partial charge in [-0.25, -0.2) is 0 Å². The van der Waals surface area contributed by atoms with Crippen LogP contribution < -0.4 is 0 Å². The van der Waals surface area contributed by atoms with E-state index in [0.717, 1.165) is 0 Å². The summed E-state index contributed by atoms with van der Waals surface area (Å²) in [6.45, 7) is 9.65. The van der Waals surface area contributed by atoms with Gasteiger partial charge in [-0.2, -0.15) is 0 Å². The molecule has 0 saturated carbocycles. The largest absolute Gasteiger partial charge is 0.394 e. The third-order valence-electron chi connectivity index (χ3n) is 4.25. The van der Waals surface area contributed by atoms with Crippen molar-refractivity contribution in [3.05, 3.63) is 10.4 Å². The number of nitrogens with zero attached hydrogens (tertiary/aromatic N) is 3. The summed E-state index contributed by atoms with van der Waals surface area (Å²) in [5.74, 6) is 0. The highest BCUT2D eigenvalue weighted by molar-refractivity contribution is 6.74. The summed E-state index contributed by atoms with van der Waals surface area (Å²) in [5.41, 5.74) is 8.64. The molecule has 122 valence electrons. The molecule has 1 heterocycles. The van der Waals surface area contributed by atoms with Crippen molar-refractivity contribution >= 4 is 8.32 Å². The van der Waals surface area contributed by atoms with Gasteiger partial charge in [0.15, 0.2) is 14.6 Å². The Morgan fingerprint density at radius 3 is 2.29 bits per heavy atom. The van der Waals surface area contributed by atoms with Crippen LogP contribution in [0.5, 0.6) is 0 Å². The van der Waals surface area contributed by atoms with Gasteiger partial charge in [0.05, 0.1) is 12.7 Å². The predicted octanol–water partition coefficient (Wildman–Crippen LogP) is 1.13. The molecule has 1 fully saturated rings. The van der Waals surface area contributed by atoms with Crippen molar-refractivity contribution in [2.45, 2.75) is 69.5 Å². The molecule has 0 aromatic heterocycles. The van der Waals surface area contributed by atoms with Gasteiger partial charge in [0.1, 0.15) is 18.2 Å². The molecule has 0 aromatic carbocycles. The van der Waals surface area contributed by atoms with Crippen molar-refractivity contribution in [3.8, 4) is 0 Å². The zero-order valence-corrected chi connectivity index (χ0v) is 14.1. The third-order valence-corrected chi connectivity index (χ3v) is 8.68. The minimum atomic E-state index is -2.24. The Labute approximate surface area is 125 Å². The molecule has 21 heavy (non-hydrogen) atoms. The van der Waals surface area contributed by atoms with Gasteiger partial charge in [-0.1, -0.05) is 25.9 Å². The van der Waals surface area contributed by atoms with Gasteiger partial charge < -0.3 is 24.5 Å². The molecule has 8 nitrogen and oxygen atoms in total. The molecule has 1 aliphatic rings. The van der Waals surface area contributed by atoms with Crippen molar-refractivity contribution in [3.63, 3.8) is 0 Å². The van der Waals surface area contributed by atoms with Crippen LogP contribution in [0.2, 0.25) is 18.1 Å². The lowest BCUT2D eigenvalue weighted by Crippen LogP contribution is -2.61. The lowest BCUT2D eigenvalue weighted by Gasteiger charge is -2.45. The summed E-state index contributed by atoms with van der Waals surface area (Å²) in [7, 11) is -2.24. The van der Waals surface area contributed by atoms with E-state index in [9.17, 15) is 15.3 Å². The Bertz CT molecular complexity index is 408. The first-order valence-electron chi connectivity index (χ1n) is 6.89. The minimum absolute atomic E-state index is 0.104. The van der Waals surface area contributed by atoms with E-state index in [-0.39, 0.29) is 5.04 Å². The normalized spacial score (nSPS) is 34.4. The van der Waals surface area contributed by atoms with Crippen molar-refractivity contribution in [2.75, 3.05) is 6.61 Å². The van der Waals surface area contributed by atoms with Gasteiger partial charge in [-0.15, -0.1) is 0 Å². The zero-order valence-electron chi connectivity index (χ0n) is 13.1. The summed E-state index contributed by atoms with van der Waals surface area (Å²) < 4.78 is 11.5. The number of azide groups is 1. The zero-order chi connectivity index (χ0) is 16.4. The number of aliphatic hydroxyl groups is 3. The van der Waals surface area contributed by atoms with Crippen molar-refractivity contribution in [1.82, 2.24) is 0 Å². The van der Waals surface area contributed by atoms with Gasteiger partial charge >= 0.3 is 0 Å². The second kappa shape index (κ2) is 6.61. The Morgan fingerprint density at radius 1 is 1.29 bits per heavy atom. The average Bonchev–Trinajstić information content (AvgIpc) is 2.36. The molecule has 0 amide bonds. The second-order valence-corrected chi connectivity index (χ2v) is 11.5. The number of hydrogen-bond acceptors (Lipinski definition) is 6. The number of rotatable bonds is 4. The van der Waals surface area contributed by atoms with E-state index >= 15 is 0 Å². The fourth-order valence-corrected chi connectivity index (χ4v) is 2.94. The monoisotopic (exact) mass is 319 g/mol. The van der Waals surface area contributed by atoms with Crippen molar-refractivity contribution in [1.29, 1.82) is 0 Å². The number of hydrogen-bond donors (Lipinski definition) is 3. The number of aliphatic hydroxyl groups excluding tert-OH is 3. The van der Waals surface area contributed by atoms with Crippen molar-refractivity contribution in [2.24, 2.45) is 5.11 Å². The molecule has 9 heteroatoms. The topological polar surface area (TPSA) is 128 Å². The lowest BCUT2D eigenvalue weighted by molar-refractivity contribution is -0.242. The lowest BCUT2D eigenvalue weighted by atomic mass is 9.98. The standard InChI is InChI=1S/C12H25N3O5Si/c1-12(2,3)21(4,5)20-11-8(14-15-13)10(18)9(17)7(6-16)19-11/h7-11,16-18H,6H2,1-5H3/t7?,8-,9?,10-,11?/m0/s1. The van der Waals surface area contributed by atoms with E-state index in [0.29, 0.717) is 0 Å². The maximum atomic E-state index is 10.1. The first-order valence-corrected chi connectivity index (χ1v) is 9.80. The predicted molar refractivity (Wildman–Crippen MR) is 79.0 cm³/mol. The Kier molecular flexibility index (Phi) is 5.79. The van der Waals surface area contributed by atoms with Gasteiger partial charge in [0.25, 0.3) is 0 Å². The molecule has 0 aromatic rings. The van der Waals surface area contributed by atoms with Crippen LogP contribution in [0, 0.1) is 0 Å².